The van der Waals surface area contributed by atoms with Crippen molar-refractivity contribution in [2.75, 3.05) is 5.32 Å². The van der Waals surface area contributed by atoms with E-state index in [1.165, 1.54) is 30.3 Å². The first-order chi connectivity index (χ1) is 13.6. The molecule has 0 saturated carbocycles. The van der Waals surface area contributed by atoms with E-state index in [0.717, 1.165) is 12.1 Å². The number of nitrogens with zero attached hydrogens (tertiary/aromatic N) is 1. The van der Waals surface area contributed by atoms with Crippen LogP contribution in [0.15, 0.2) is 47.4 Å². The fraction of sp³-hybridized carbons (Fsp3) is 0.125. The second-order valence-corrected chi connectivity index (χ2v) is 8.05. The van der Waals surface area contributed by atoms with Gasteiger partial charge in [-0.1, -0.05) is 35.3 Å². The van der Waals surface area contributed by atoms with Gasteiger partial charge in [0.25, 0.3) is 15.7 Å². The summed E-state index contributed by atoms with van der Waals surface area (Å²) in [4.78, 5) is 34.9. The predicted octanol–water partition coefficient (Wildman–Crippen LogP) is 2.63. The fourth-order valence-electron chi connectivity index (χ4n) is 2.11. The van der Waals surface area contributed by atoms with Crippen LogP contribution in [0.2, 0.25) is 10.0 Å². The number of hydrogen-bond acceptors (Lipinski definition) is 6. The molecule has 0 aliphatic rings. The molecule has 29 heavy (non-hydrogen) atoms. The van der Waals surface area contributed by atoms with Gasteiger partial charge < -0.3 is 5.32 Å². The zero-order valence-electron chi connectivity index (χ0n) is 14.5. The van der Waals surface area contributed by atoms with Gasteiger partial charge in [0.05, 0.1) is 15.6 Å². The number of hydrogen-bond donors (Lipinski definition) is 3. The summed E-state index contributed by atoms with van der Waals surface area (Å²) >= 11 is 11.7. The van der Waals surface area contributed by atoms with E-state index in [1.807, 2.05) is 5.43 Å². The van der Waals surface area contributed by atoms with Crippen LogP contribution < -0.4 is 15.6 Å². The Labute approximate surface area is 175 Å². The van der Waals surface area contributed by atoms with Crippen LogP contribution in [-0.2, 0) is 19.6 Å². The average molecular weight is 461 g/mol. The Morgan fingerprint density at radius 3 is 2.34 bits per heavy atom. The van der Waals surface area contributed by atoms with Crippen LogP contribution in [-0.4, -0.2) is 25.2 Å². The number of rotatable bonds is 8. The minimum atomic E-state index is -4.38. The van der Waals surface area contributed by atoms with Gasteiger partial charge in [0, 0.05) is 23.9 Å². The van der Waals surface area contributed by atoms with Gasteiger partial charge in [0.15, 0.2) is 4.90 Å². The lowest BCUT2D eigenvalue weighted by molar-refractivity contribution is -0.387. The van der Waals surface area contributed by atoms with E-state index >= 15 is 0 Å². The molecule has 0 saturated heterocycles. The van der Waals surface area contributed by atoms with Crippen molar-refractivity contribution in [2.24, 2.45) is 0 Å². The molecule has 10 nitrogen and oxygen atoms in total. The van der Waals surface area contributed by atoms with E-state index in [1.54, 1.807) is 4.83 Å². The quantitative estimate of drug-likeness (QED) is 0.407. The van der Waals surface area contributed by atoms with Crippen LogP contribution in [0, 0.1) is 10.1 Å². The Bertz CT molecular complexity index is 1060. The van der Waals surface area contributed by atoms with Gasteiger partial charge in [-0.05, 0) is 24.3 Å². The molecule has 3 N–H and O–H groups in total. The van der Waals surface area contributed by atoms with Gasteiger partial charge in [-0.3, -0.25) is 25.1 Å². The molecular formula is C16H14Cl2N4O6S. The lowest BCUT2D eigenvalue weighted by atomic mass is 10.2. The molecule has 154 valence electrons. The molecule has 0 aliphatic carbocycles. The minimum absolute atomic E-state index is 0.215. The van der Waals surface area contributed by atoms with Crippen molar-refractivity contribution in [3.63, 3.8) is 0 Å². The van der Waals surface area contributed by atoms with Crippen LogP contribution in [0.3, 0.4) is 0 Å². The first kappa shape index (κ1) is 22.6. The highest BCUT2D eigenvalue weighted by molar-refractivity contribution is 7.89. The molecule has 0 aromatic heterocycles. The van der Waals surface area contributed by atoms with E-state index in [2.05, 4.69) is 5.32 Å². The van der Waals surface area contributed by atoms with Gasteiger partial charge in [0.1, 0.15) is 0 Å². The van der Waals surface area contributed by atoms with E-state index in [-0.39, 0.29) is 17.9 Å². The maximum atomic E-state index is 12.2. The lowest BCUT2D eigenvalue weighted by Gasteiger charge is -2.09. The number of para-hydroxylation sites is 1. The Hall–Kier alpha value is -2.73. The first-order valence-corrected chi connectivity index (χ1v) is 10.1. The number of carbonyl (C=O) groups is 2. The molecule has 13 heteroatoms. The Balaban J connectivity index is 1.89. The monoisotopic (exact) mass is 460 g/mol. The number of halogens is 2. The van der Waals surface area contributed by atoms with Crippen LogP contribution in [0.5, 0.6) is 0 Å². The normalized spacial score (nSPS) is 11.0. The largest absolute Gasteiger partial charge is 0.325 e. The maximum absolute atomic E-state index is 12.2. The molecule has 0 atom stereocenters. The summed E-state index contributed by atoms with van der Waals surface area (Å²) < 4.78 is 24.3. The highest BCUT2D eigenvalue weighted by atomic mass is 35.5. The minimum Gasteiger partial charge on any atom is -0.325 e. The molecule has 0 aliphatic heterocycles. The standard InChI is InChI=1S/C16H14Cl2N4O6S/c17-10-5-6-12(11(18)9-10)19-15(23)7-8-16(24)20-21-29(27,28)14-4-2-1-3-13(14)22(25)26/h1-6,9,21H,7-8H2,(H,19,23)(H,20,24). The second-order valence-electron chi connectivity index (χ2n) is 5.55. The van der Waals surface area contributed by atoms with Gasteiger partial charge in [0.2, 0.25) is 11.8 Å². The number of hydrazine groups is 1. The van der Waals surface area contributed by atoms with Crippen molar-refractivity contribution >= 4 is 56.4 Å². The number of nitrogens with one attached hydrogen (secondary N) is 3. The van der Waals surface area contributed by atoms with Gasteiger partial charge >= 0.3 is 0 Å². The predicted molar refractivity (Wildman–Crippen MR) is 106 cm³/mol. The molecule has 0 spiro atoms. The van der Waals surface area contributed by atoms with Crippen molar-refractivity contribution < 1.29 is 22.9 Å². The summed E-state index contributed by atoms with van der Waals surface area (Å²) in [6.07, 6.45) is -0.617. The molecule has 0 bridgehead atoms. The SMILES string of the molecule is O=C(CCC(=O)Nc1ccc(Cl)cc1Cl)NNS(=O)(=O)c1ccccc1[N+](=O)[O-]. The summed E-state index contributed by atoms with van der Waals surface area (Å²) in [5.74, 6) is -1.35. The molecule has 0 radical (unpaired) electrons. The van der Waals surface area contributed by atoms with Crippen LogP contribution >= 0.6 is 23.2 Å². The van der Waals surface area contributed by atoms with E-state index < -0.39 is 37.3 Å². The first-order valence-electron chi connectivity index (χ1n) is 7.89. The molecular weight excluding hydrogens is 447 g/mol. The third-order valence-electron chi connectivity index (χ3n) is 3.46. The van der Waals surface area contributed by atoms with Crippen molar-refractivity contribution in [3.8, 4) is 0 Å². The fourth-order valence-corrected chi connectivity index (χ4v) is 3.60. The second kappa shape index (κ2) is 9.65. The summed E-state index contributed by atoms with van der Waals surface area (Å²) in [6.45, 7) is 0. The summed E-state index contributed by atoms with van der Waals surface area (Å²) in [5, 5.41) is 14.0. The third kappa shape index (κ3) is 6.39. The van der Waals surface area contributed by atoms with E-state index in [0.29, 0.717) is 10.7 Å². The van der Waals surface area contributed by atoms with Crippen LogP contribution in [0.25, 0.3) is 0 Å². The number of amides is 2. The van der Waals surface area contributed by atoms with Crippen molar-refractivity contribution in [3.05, 3.63) is 62.6 Å². The number of nitro groups is 1. The highest BCUT2D eigenvalue weighted by Crippen LogP contribution is 2.25. The van der Waals surface area contributed by atoms with E-state index in [9.17, 15) is 28.1 Å². The maximum Gasteiger partial charge on any atom is 0.289 e. The number of benzene rings is 2. The molecule has 2 aromatic rings. The zero-order valence-corrected chi connectivity index (χ0v) is 16.8. The summed E-state index contributed by atoms with van der Waals surface area (Å²) in [6, 6.07) is 9.09. The average Bonchev–Trinajstić information content (AvgIpc) is 2.67. The van der Waals surface area contributed by atoms with E-state index in [4.69, 9.17) is 23.2 Å². The number of nitro benzene ring substituents is 1. The molecule has 0 fully saturated rings. The molecule has 0 unspecified atom stereocenters. The molecule has 2 rings (SSSR count). The smallest absolute Gasteiger partial charge is 0.289 e. The molecule has 2 aromatic carbocycles. The van der Waals surface area contributed by atoms with Crippen LogP contribution in [0.1, 0.15) is 12.8 Å². The third-order valence-corrected chi connectivity index (χ3v) is 5.30. The van der Waals surface area contributed by atoms with Crippen molar-refractivity contribution in [1.82, 2.24) is 10.3 Å². The van der Waals surface area contributed by atoms with Gasteiger partial charge in [-0.25, -0.2) is 8.42 Å². The van der Waals surface area contributed by atoms with Gasteiger partial charge in [-0.15, -0.1) is 4.83 Å². The summed E-state index contributed by atoms with van der Waals surface area (Å²) in [5.41, 5.74) is 1.56. The zero-order chi connectivity index (χ0) is 21.6. The summed E-state index contributed by atoms with van der Waals surface area (Å²) in [7, 11) is -4.38. The Morgan fingerprint density at radius 2 is 1.69 bits per heavy atom. The molecule has 0 heterocycles. The Kier molecular flexibility index (Phi) is 7.51. The van der Waals surface area contributed by atoms with Gasteiger partial charge in [-0.2, -0.15) is 0 Å². The number of anilines is 1. The Morgan fingerprint density at radius 1 is 1.03 bits per heavy atom. The number of carbonyl (C=O) groups excluding carboxylic acids is 2. The highest BCUT2D eigenvalue weighted by Gasteiger charge is 2.25. The topological polar surface area (TPSA) is 148 Å². The van der Waals surface area contributed by atoms with Crippen LogP contribution in [0.4, 0.5) is 11.4 Å². The lowest BCUT2D eigenvalue weighted by Crippen LogP contribution is -2.41. The van der Waals surface area contributed by atoms with Crippen molar-refractivity contribution in [2.45, 2.75) is 17.7 Å². The molecule has 2 amide bonds. The van der Waals surface area contributed by atoms with Crippen molar-refractivity contribution in [1.29, 1.82) is 0 Å². The number of sulfonamides is 1.